The fourth-order valence-electron chi connectivity index (χ4n) is 2.21. The molecule has 6 heteroatoms. The molecule has 20 heavy (non-hydrogen) atoms. The van der Waals surface area contributed by atoms with Gasteiger partial charge in [-0.2, -0.15) is 0 Å². The quantitative estimate of drug-likeness (QED) is 0.643. The zero-order valence-corrected chi connectivity index (χ0v) is 13.8. The van der Waals surface area contributed by atoms with E-state index >= 15 is 0 Å². The molecule has 1 unspecified atom stereocenters. The molecule has 1 atom stereocenters. The monoisotopic (exact) mass is 299 g/mol. The minimum absolute atomic E-state index is 0.0431. The first kappa shape index (κ1) is 17.1. The fraction of sp³-hybridized carbons (Fsp3) is 0.643. The lowest BCUT2D eigenvalue weighted by atomic mass is 10.4. The van der Waals surface area contributed by atoms with Crippen LogP contribution in [0.15, 0.2) is 24.3 Å². The molecule has 0 fully saturated rings. The van der Waals surface area contributed by atoms with Crippen LogP contribution in [0.3, 0.4) is 0 Å². The number of carbonyl (C=O) groups is 1. The Balaban J connectivity index is 3.00. The third-order valence-corrected chi connectivity index (χ3v) is 6.50. The van der Waals surface area contributed by atoms with Crippen molar-refractivity contribution in [2.45, 2.75) is 33.4 Å². The molecule has 1 aliphatic heterocycles. The van der Waals surface area contributed by atoms with Crippen LogP contribution in [-0.4, -0.2) is 51.6 Å². The lowest BCUT2D eigenvalue weighted by Gasteiger charge is -2.38. The highest BCUT2D eigenvalue weighted by Gasteiger charge is 2.50. The molecule has 0 aromatic rings. The largest absolute Gasteiger partial charge is 0.524 e. The molecule has 0 aromatic carbocycles. The smallest absolute Gasteiger partial charge is 0.373 e. The van der Waals surface area contributed by atoms with Crippen LogP contribution in [0.2, 0.25) is 0 Å². The maximum Gasteiger partial charge on any atom is 0.524 e. The highest BCUT2D eigenvalue weighted by molar-refractivity contribution is 6.62. The predicted octanol–water partition coefficient (Wildman–Crippen LogP) is 1.92. The summed E-state index contributed by atoms with van der Waals surface area (Å²) in [6.07, 6.45) is 7.13. The Morgan fingerprint density at radius 2 is 1.70 bits per heavy atom. The Morgan fingerprint density at radius 1 is 1.15 bits per heavy atom. The molecular weight excluding hydrogens is 274 g/mol. The van der Waals surface area contributed by atoms with Gasteiger partial charge in [0.05, 0.1) is 5.67 Å². The molecule has 0 N–H and O–H groups in total. The second-order valence-electron chi connectivity index (χ2n) is 4.36. The summed E-state index contributed by atoms with van der Waals surface area (Å²) in [5.74, 6) is -0.0431. The van der Waals surface area contributed by atoms with Gasteiger partial charge in [0.15, 0.2) is 0 Å². The fourth-order valence-corrected chi connectivity index (χ4v) is 5.00. The Morgan fingerprint density at radius 3 is 2.20 bits per heavy atom. The van der Waals surface area contributed by atoms with E-state index in [9.17, 15) is 4.79 Å². The average Bonchev–Trinajstić information content (AvgIpc) is 2.63. The third-order valence-electron chi connectivity index (χ3n) is 3.09. The first-order valence-electron chi connectivity index (χ1n) is 7.16. The van der Waals surface area contributed by atoms with Gasteiger partial charge in [-0.25, -0.2) is 0 Å². The molecule has 1 rings (SSSR count). The van der Waals surface area contributed by atoms with Gasteiger partial charge in [-0.3, -0.25) is 4.79 Å². The molecule has 1 heterocycles. The van der Waals surface area contributed by atoms with E-state index in [-0.39, 0.29) is 11.6 Å². The van der Waals surface area contributed by atoms with Crippen molar-refractivity contribution in [2.24, 2.45) is 0 Å². The summed E-state index contributed by atoms with van der Waals surface area (Å²) in [7, 11) is -2.91. The molecule has 1 aliphatic rings. The van der Waals surface area contributed by atoms with Gasteiger partial charge < -0.3 is 18.2 Å². The van der Waals surface area contributed by atoms with E-state index in [4.69, 9.17) is 13.3 Å². The summed E-state index contributed by atoms with van der Waals surface area (Å²) < 4.78 is 17.6. The van der Waals surface area contributed by atoms with Crippen molar-refractivity contribution in [3.8, 4) is 0 Å². The molecule has 0 saturated heterocycles. The summed E-state index contributed by atoms with van der Waals surface area (Å²) in [5, 5.41) is 0. The summed E-state index contributed by atoms with van der Waals surface area (Å²) in [6.45, 7) is 9.73. The molecule has 0 aliphatic carbocycles. The number of amides is 1. The highest BCUT2D eigenvalue weighted by atomic mass is 28.4. The number of hydrogen-bond acceptors (Lipinski definition) is 4. The van der Waals surface area contributed by atoms with Gasteiger partial charge in [-0.05, 0) is 27.7 Å². The summed E-state index contributed by atoms with van der Waals surface area (Å²) in [5.41, 5.74) is -0.220. The second-order valence-corrected chi connectivity index (χ2v) is 7.27. The van der Waals surface area contributed by atoms with Gasteiger partial charge in [-0.1, -0.05) is 18.2 Å². The number of hydrogen-bond donors (Lipinski definition) is 0. The summed E-state index contributed by atoms with van der Waals surface area (Å²) in [6, 6.07) is 0. The van der Waals surface area contributed by atoms with Gasteiger partial charge in [0, 0.05) is 32.4 Å². The molecule has 0 spiro atoms. The maximum atomic E-state index is 12.2. The van der Waals surface area contributed by atoms with Gasteiger partial charge in [0.25, 0.3) is 0 Å². The van der Waals surface area contributed by atoms with E-state index in [1.165, 1.54) is 0 Å². The van der Waals surface area contributed by atoms with E-state index in [0.717, 1.165) is 0 Å². The van der Waals surface area contributed by atoms with Crippen LogP contribution in [0.1, 0.15) is 27.7 Å². The van der Waals surface area contributed by atoms with Gasteiger partial charge in [0.1, 0.15) is 0 Å². The minimum Gasteiger partial charge on any atom is -0.373 e. The molecule has 114 valence electrons. The van der Waals surface area contributed by atoms with Gasteiger partial charge >= 0.3 is 8.80 Å². The predicted molar refractivity (Wildman–Crippen MR) is 80.1 cm³/mol. The van der Waals surface area contributed by atoms with Crippen molar-refractivity contribution in [1.82, 2.24) is 4.90 Å². The number of nitrogens with zero attached hydrogens (tertiary/aromatic N) is 1. The standard InChI is InChI=1S/C14H25NO4Si/c1-5-17-20(18-6-2,19-7-3)13(4)15-12-10-8-9-11-14(15)16/h8-11,13H,5-7,12H2,1-4H3. The molecule has 1 amide bonds. The topological polar surface area (TPSA) is 48.0 Å². The number of allylic oxidation sites excluding steroid dienone is 2. The molecule has 0 radical (unpaired) electrons. The van der Waals surface area contributed by atoms with E-state index < -0.39 is 8.80 Å². The third kappa shape index (κ3) is 4.02. The lowest BCUT2D eigenvalue weighted by molar-refractivity contribution is -0.127. The summed E-state index contributed by atoms with van der Waals surface area (Å²) >= 11 is 0. The normalized spacial score (nSPS) is 17.4. The SMILES string of the molecule is CCO[Si](OCC)(OCC)C(C)N1CC=CC=CC1=O. The van der Waals surface area contributed by atoms with Crippen LogP contribution in [0.25, 0.3) is 0 Å². The van der Waals surface area contributed by atoms with Crippen LogP contribution in [-0.2, 0) is 18.1 Å². The van der Waals surface area contributed by atoms with Crippen molar-refractivity contribution in [1.29, 1.82) is 0 Å². The first-order chi connectivity index (χ1) is 9.61. The van der Waals surface area contributed by atoms with E-state index in [1.54, 1.807) is 17.1 Å². The van der Waals surface area contributed by atoms with Crippen LogP contribution >= 0.6 is 0 Å². The zero-order chi connectivity index (χ0) is 15.0. The van der Waals surface area contributed by atoms with Crippen LogP contribution in [0.5, 0.6) is 0 Å². The van der Waals surface area contributed by atoms with E-state index in [1.807, 2.05) is 39.8 Å². The zero-order valence-electron chi connectivity index (χ0n) is 12.8. The number of carbonyl (C=O) groups excluding carboxylic acids is 1. The highest BCUT2D eigenvalue weighted by Crippen LogP contribution is 2.21. The molecule has 0 aromatic heterocycles. The van der Waals surface area contributed by atoms with E-state index in [2.05, 4.69) is 0 Å². The van der Waals surface area contributed by atoms with Crippen molar-refractivity contribution >= 4 is 14.7 Å². The van der Waals surface area contributed by atoms with Gasteiger partial charge in [0.2, 0.25) is 5.91 Å². The van der Waals surface area contributed by atoms with Gasteiger partial charge in [-0.15, -0.1) is 0 Å². The van der Waals surface area contributed by atoms with Crippen LogP contribution < -0.4 is 0 Å². The van der Waals surface area contributed by atoms with Crippen LogP contribution in [0.4, 0.5) is 0 Å². The Kier molecular flexibility index (Phi) is 7.15. The second kappa shape index (κ2) is 8.36. The molecule has 5 nitrogen and oxygen atoms in total. The average molecular weight is 299 g/mol. The molecule has 0 bridgehead atoms. The number of rotatable bonds is 8. The van der Waals surface area contributed by atoms with E-state index in [0.29, 0.717) is 26.4 Å². The Labute approximate surface area is 122 Å². The molecular formula is C14H25NO4Si. The van der Waals surface area contributed by atoms with Crippen molar-refractivity contribution in [3.05, 3.63) is 24.3 Å². The van der Waals surface area contributed by atoms with Crippen molar-refractivity contribution in [2.75, 3.05) is 26.4 Å². The maximum absolute atomic E-state index is 12.2. The van der Waals surface area contributed by atoms with Crippen LogP contribution in [0, 0.1) is 0 Å². The minimum atomic E-state index is -2.91. The first-order valence-corrected chi connectivity index (χ1v) is 8.97. The Bertz CT molecular complexity index is 353. The lowest BCUT2D eigenvalue weighted by Crippen LogP contribution is -2.62. The van der Waals surface area contributed by atoms with Crippen molar-refractivity contribution in [3.63, 3.8) is 0 Å². The summed E-state index contributed by atoms with van der Waals surface area (Å²) in [4.78, 5) is 13.9. The van der Waals surface area contributed by atoms with Crippen molar-refractivity contribution < 1.29 is 18.1 Å². The Hall–Kier alpha value is -0.953. The molecule has 0 saturated carbocycles.